The van der Waals surface area contributed by atoms with Gasteiger partial charge in [-0.3, -0.25) is 4.90 Å². The van der Waals surface area contributed by atoms with E-state index in [1.807, 2.05) is 4.68 Å². The Morgan fingerprint density at radius 2 is 2.00 bits per heavy atom. The van der Waals surface area contributed by atoms with Crippen molar-refractivity contribution >= 4 is 34.3 Å². The van der Waals surface area contributed by atoms with Gasteiger partial charge in [-0.15, -0.1) is 5.10 Å². The molecule has 0 radical (unpaired) electrons. The lowest BCUT2D eigenvalue weighted by atomic mass is 10.00. The molecule has 0 bridgehead atoms. The number of nitrogens with one attached hydrogen (secondary N) is 1. The van der Waals surface area contributed by atoms with Gasteiger partial charge in [-0.05, 0) is 50.5 Å². The molecule has 24 heavy (non-hydrogen) atoms. The van der Waals surface area contributed by atoms with E-state index >= 15 is 0 Å². The van der Waals surface area contributed by atoms with E-state index in [9.17, 15) is 0 Å². The fourth-order valence-corrected chi connectivity index (χ4v) is 3.91. The molecular formula is C18H24N4S2. The van der Waals surface area contributed by atoms with Crippen LogP contribution in [-0.4, -0.2) is 33.3 Å². The minimum absolute atomic E-state index is 0.00406. The molecule has 1 aromatic carbocycles. The Balaban J connectivity index is 1.64. The summed E-state index contributed by atoms with van der Waals surface area (Å²) in [6.45, 7) is 9.10. The van der Waals surface area contributed by atoms with Crippen molar-refractivity contribution in [3.05, 3.63) is 45.9 Å². The highest BCUT2D eigenvalue weighted by Crippen LogP contribution is 2.23. The molecule has 128 valence electrons. The first-order chi connectivity index (χ1) is 11.4. The number of benzene rings is 1. The minimum atomic E-state index is -0.00406. The number of nitrogens with zero attached hydrogens (tertiary/aromatic N) is 3. The van der Waals surface area contributed by atoms with Gasteiger partial charge in [-0.2, -0.15) is 0 Å². The number of aromatic nitrogens is 2. The Morgan fingerprint density at radius 3 is 2.62 bits per heavy atom. The molecule has 6 heteroatoms. The standard InChI is InChI=1S/C18H24N4S2/c1-18(2,3)19-16-20-22(17(23)24-16)13-21-11-9-15(10-12-21)14-7-5-4-6-8-14/h4-9H,10-13H2,1-3H3,(H,19,20). The first-order valence-electron chi connectivity index (χ1n) is 8.24. The second-order valence-electron chi connectivity index (χ2n) is 7.11. The SMILES string of the molecule is CC(C)(C)Nc1nn(CN2CC=C(c3ccccc3)CC2)c(=S)s1. The molecule has 2 aromatic rings. The van der Waals surface area contributed by atoms with E-state index in [0.717, 1.165) is 35.3 Å². The van der Waals surface area contributed by atoms with Crippen LogP contribution >= 0.6 is 23.6 Å². The molecule has 0 saturated carbocycles. The molecule has 1 aliphatic rings. The summed E-state index contributed by atoms with van der Waals surface area (Å²) in [6.07, 6.45) is 3.39. The van der Waals surface area contributed by atoms with Gasteiger partial charge in [0, 0.05) is 18.6 Å². The number of anilines is 1. The van der Waals surface area contributed by atoms with E-state index < -0.39 is 0 Å². The van der Waals surface area contributed by atoms with E-state index in [2.05, 4.69) is 72.5 Å². The first kappa shape index (κ1) is 17.3. The van der Waals surface area contributed by atoms with Crippen LogP contribution in [0.4, 0.5) is 5.13 Å². The van der Waals surface area contributed by atoms with E-state index in [0.29, 0.717) is 0 Å². The van der Waals surface area contributed by atoms with Crippen LogP contribution in [0.3, 0.4) is 0 Å². The van der Waals surface area contributed by atoms with Crippen molar-refractivity contribution in [2.24, 2.45) is 0 Å². The van der Waals surface area contributed by atoms with Crippen LogP contribution in [0.1, 0.15) is 32.8 Å². The molecule has 3 rings (SSSR count). The zero-order valence-corrected chi connectivity index (χ0v) is 16.1. The highest BCUT2D eigenvalue weighted by atomic mass is 32.1. The molecule has 0 saturated heterocycles. The number of rotatable bonds is 4. The van der Waals surface area contributed by atoms with Crippen LogP contribution < -0.4 is 5.32 Å². The van der Waals surface area contributed by atoms with E-state index in [4.69, 9.17) is 12.2 Å². The summed E-state index contributed by atoms with van der Waals surface area (Å²) >= 11 is 7.01. The lowest BCUT2D eigenvalue weighted by molar-refractivity contribution is 0.227. The van der Waals surface area contributed by atoms with Gasteiger partial charge in [-0.1, -0.05) is 47.7 Å². The largest absolute Gasteiger partial charge is 0.356 e. The Kier molecular flexibility index (Phi) is 5.18. The lowest BCUT2D eigenvalue weighted by Gasteiger charge is -2.26. The average molecular weight is 361 g/mol. The van der Waals surface area contributed by atoms with E-state index in [1.165, 1.54) is 11.1 Å². The van der Waals surface area contributed by atoms with Crippen LogP contribution in [0.5, 0.6) is 0 Å². The first-order valence-corrected chi connectivity index (χ1v) is 9.46. The molecule has 0 unspecified atom stereocenters. The predicted molar refractivity (Wildman–Crippen MR) is 105 cm³/mol. The molecule has 1 aliphatic heterocycles. The second-order valence-corrected chi connectivity index (χ2v) is 8.73. The van der Waals surface area contributed by atoms with Gasteiger partial charge in [0.05, 0.1) is 6.67 Å². The van der Waals surface area contributed by atoms with Crippen LogP contribution in [0.15, 0.2) is 36.4 Å². The summed E-state index contributed by atoms with van der Waals surface area (Å²) in [7, 11) is 0. The third kappa shape index (κ3) is 4.53. The molecule has 4 nitrogen and oxygen atoms in total. The summed E-state index contributed by atoms with van der Waals surface area (Å²) in [5.74, 6) is 0. The monoisotopic (exact) mass is 360 g/mol. The smallest absolute Gasteiger partial charge is 0.205 e. The van der Waals surface area contributed by atoms with Crippen LogP contribution in [0.2, 0.25) is 0 Å². The fraction of sp³-hybridized carbons (Fsp3) is 0.444. The third-order valence-corrected chi connectivity index (χ3v) is 5.08. The molecule has 1 N–H and O–H groups in total. The van der Waals surface area contributed by atoms with Gasteiger partial charge in [0.25, 0.3) is 0 Å². The van der Waals surface area contributed by atoms with E-state index in [1.54, 1.807) is 11.3 Å². The topological polar surface area (TPSA) is 33.1 Å². The highest BCUT2D eigenvalue weighted by molar-refractivity contribution is 7.73. The number of hydrogen-bond donors (Lipinski definition) is 1. The molecular weight excluding hydrogens is 336 g/mol. The normalized spacial score (nSPS) is 16.0. The van der Waals surface area contributed by atoms with Crippen LogP contribution in [0, 0.1) is 3.95 Å². The zero-order chi connectivity index (χ0) is 17.2. The van der Waals surface area contributed by atoms with Crippen molar-refractivity contribution in [3.8, 4) is 0 Å². The Labute approximate surface area is 152 Å². The van der Waals surface area contributed by atoms with Crippen LogP contribution in [-0.2, 0) is 6.67 Å². The second kappa shape index (κ2) is 7.17. The zero-order valence-electron chi connectivity index (χ0n) is 14.5. The molecule has 0 spiro atoms. The summed E-state index contributed by atoms with van der Waals surface area (Å²) in [6, 6.07) is 10.6. The maximum absolute atomic E-state index is 5.47. The summed E-state index contributed by atoms with van der Waals surface area (Å²) in [5.41, 5.74) is 2.76. The summed E-state index contributed by atoms with van der Waals surface area (Å²) in [4.78, 5) is 2.38. The molecule has 0 fully saturated rings. The fourth-order valence-electron chi connectivity index (χ4n) is 2.71. The predicted octanol–water partition coefficient (Wildman–Crippen LogP) is 4.63. The van der Waals surface area contributed by atoms with Gasteiger partial charge < -0.3 is 5.32 Å². The van der Waals surface area contributed by atoms with Crippen molar-refractivity contribution in [2.45, 2.75) is 39.4 Å². The highest BCUT2D eigenvalue weighted by Gasteiger charge is 2.16. The van der Waals surface area contributed by atoms with Crippen molar-refractivity contribution < 1.29 is 0 Å². The van der Waals surface area contributed by atoms with Gasteiger partial charge in [-0.25, -0.2) is 4.68 Å². The van der Waals surface area contributed by atoms with E-state index in [-0.39, 0.29) is 5.54 Å². The van der Waals surface area contributed by atoms with Crippen molar-refractivity contribution in [1.82, 2.24) is 14.7 Å². The lowest BCUT2D eigenvalue weighted by Crippen LogP contribution is -2.31. The van der Waals surface area contributed by atoms with Gasteiger partial charge in [0.1, 0.15) is 0 Å². The Bertz CT molecular complexity index is 768. The molecule has 0 atom stereocenters. The summed E-state index contributed by atoms with van der Waals surface area (Å²) in [5, 5.41) is 8.92. The third-order valence-electron chi connectivity index (χ3n) is 3.86. The van der Waals surface area contributed by atoms with Crippen molar-refractivity contribution in [3.63, 3.8) is 0 Å². The maximum Gasteiger partial charge on any atom is 0.205 e. The van der Waals surface area contributed by atoms with Gasteiger partial charge >= 0.3 is 0 Å². The Hall–Kier alpha value is -1.50. The van der Waals surface area contributed by atoms with Crippen molar-refractivity contribution in [1.29, 1.82) is 0 Å². The van der Waals surface area contributed by atoms with Crippen molar-refractivity contribution in [2.75, 3.05) is 18.4 Å². The van der Waals surface area contributed by atoms with Gasteiger partial charge in [0.15, 0.2) is 3.95 Å². The summed E-state index contributed by atoms with van der Waals surface area (Å²) < 4.78 is 2.75. The quantitative estimate of drug-likeness (QED) is 0.806. The average Bonchev–Trinajstić information content (AvgIpc) is 2.86. The molecule has 2 heterocycles. The Morgan fingerprint density at radius 1 is 1.25 bits per heavy atom. The van der Waals surface area contributed by atoms with Crippen LogP contribution in [0.25, 0.3) is 5.57 Å². The van der Waals surface area contributed by atoms with Gasteiger partial charge in [0.2, 0.25) is 5.13 Å². The maximum atomic E-state index is 5.47. The molecule has 0 aliphatic carbocycles. The molecule has 1 aromatic heterocycles. The minimum Gasteiger partial charge on any atom is -0.356 e. The molecule has 0 amide bonds. The number of hydrogen-bond acceptors (Lipinski definition) is 5.